The highest BCUT2D eigenvalue weighted by atomic mass is 16.5. The highest BCUT2D eigenvalue weighted by Gasteiger charge is 2.33. The summed E-state index contributed by atoms with van der Waals surface area (Å²) in [4.78, 5) is 0. The van der Waals surface area contributed by atoms with Crippen molar-refractivity contribution in [1.29, 1.82) is 0 Å². The van der Waals surface area contributed by atoms with Gasteiger partial charge in [0.05, 0.1) is 11.7 Å². The van der Waals surface area contributed by atoms with Gasteiger partial charge in [0.25, 0.3) is 0 Å². The van der Waals surface area contributed by atoms with Crippen LogP contribution in [0.3, 0.4) is 0 Å². The first kappa shape index (κ1) is 9.01. The molecule has 0 amide bonds. The number of aliphatic hydroxyl groups excluding tert-OH is 1. The van der Waals surface area contributed by atoms with Crippen molar-refractivity contribution in [2.45, 2.75) is 51.2 Å². The van der Waals surface area contributed by atoms with Crippen molar-refractivity contribution in [3.05, 3.63) is 0 Å². The third kappa shape index (κ3) is 1.94. The standard InChI is InChI=1S/C9H18O2/c1-3-9(4-2)7-8(10)5-6-11-9/h8,10H,3-7H2,1-2H3. The fraction of sp³-hybridized carbons (Fsp3) is 1.00. The van der Waals surface area contributed by atoms with Crippen molar-refractivity contribution in [3.63, 3.8) is 0 Å². The van der Waals surface area contributed by atoms with Crippen LogP contribution in [-0.4, -0.2) is 23.4 Å². The lowest BCUT2D eigenvalue weighted by Crippen LogP contribution is -2.40. The molecule has 1 saturated heterocycles. The second-order valence-electron chi connectivity index (χ2n) is 3.39. The average molecular weight is 158 g/mol. The summed E-state index contributed by atoms with van der Waals surface area (Å²) in [6, 6.07) is 0. The molecule has 0 aliphatic carbocycles. The number of ether oxygens (including phenoxy) is 1. The first-order chi connectivity index (χ1) is 5.22. The maximum atomic E-state index is 9.43. The molecular weight excluding hydrogens is 140 g/mol. The van der Waals surface area contributed by atoms with Crippen molar-refractivity contribution < 1.29 is 9.84 Å². The minimum Gasteiger partial charge on any atom is -0.393 e. The minimum atomic E-state index is -0.136. The quantitative estimate of drug-likeness (QED) is 0.663. The largest absolute Gasteiger partial charge is 0.393 e. The molecule has 1 fully saturated rings. The molecule has 2 heteroatoms. The lowest BCUT2D eigenvalue weighted by atomic mass is 9.87. The zero-order valence-electron chi connectivity index (χ0n) is 7.47. The number of hydrogen-bond acceptors (Lipinski definition) is 2. The van der Waals surface area contributed by atoms with Crippen molar-refractivity contribution in [2.75, 3.05) is 6.61 Å². The summed E-state index contributed by atoms with van der Waals surface area (Å²) in [6.07, 6.45) is 3.52. The molecule has 1 rings (SSSR count). The van der Waals surface area contributed by atoms with Crippen molar-refractivity contribution in [3.8, 4) is 0 Å². The molecular formula is C9H18O2. The second-order valence-corrected chi connectivity index (χ2v) is 3.39. The van der Waals surface area contributed by atoms with Gasteiger partial charge in [0.15, 0.2) is 0 Å². The Labute approximate surface area is 68.6 Å². The Morgan fingerprint density at radius 1 is 1.45 bits per heavy atom. The Balaban J connectivity index is 2.52. The topological polar surface area (TPSA) is 29.5 Å². The molecule has 0 radical (unpaired) electrons. The van der Waals surface area contributed by atoms with E-state index in [1.54, 1.807) is 0 Å². The predicted molar refractivity (Wildman–Crippen MR) is 44.5 cm³/mol. The van der Waals surface area contributed by atoms with Crippen LogP contribution in [0.4, 0.5) is 0 Å². The molecule has 66 valence electrons. The lowest BCUT2D eigenvalue weighted by molar-refractivity contribution is -0.121. The lowest BCUT2D eigenvalue weighted by Gasteiger charge is -2.38. The first-order valence-electron chi connectivity index (χ1n) is 4.54. The van der Waals surface area contributed by atoms with E-state index in [4.69, 9.17) is 4.74 Å². The van der Waals surface area contributed by atoms with Gasteiger partial charge in [-0.15, -0.1) is 0 Å². The van der Waals surface area contributed by atoms with E-state index in [1.807, 2.05) is 0 Å². The molecule has 11 heavy (non-hydrogen) atoms. The van der Waals surface area contributed by atoms with Crippen molar-refractivity contribution in [2.24, 2.45) is 0 Å². The Bertz CT molecular complexity index is 119. The summed E-state index contributed by atoms with van der Waals surface area (Å²) in [5.41, 5.74) is -0.0162. The maximum Gasteiger partial charge on any atom is 0.0701 e. The molecule has 0 bridgehead atoms. The fourth-order valence-corrected chi connectivity index (χ4v) is 1.74. The van der Waals surface area contributed by atoms with Gasteiger partial charge in [-0.25, -0.2) is 0 Å². The Kier molecular flexibility index (Phi) is 2.90. The SMILES string of the molecule is CCC1(CC)CC(O)CCO1. The van der Waals surface area contributed by atoms with Gasteiger partial charge in [0, 0.05) is 13.0 Å². The predicted octanol–water partition coefficient (Wildman–Crippen LogP) is 1.72. The number of rotatable bonds is 2. The fourth-order valence-electron chi connectivity index (χ4n) is 1.74. The summed E-state index contributed by atoms with van der Waals surface area (Å²) in [7, 11) is 0. The molecule has 0 aromatic carbocycles. The van der Waals surface area contributed by atoms with E-state index in [0.717, 1.165) is 32.3 Å². The van der Waals surface area contributed by atoms with Crippen LogP contribution in [0.15, 0.2) is 0 Å². The second kappa shape index (κ2) is 3.55. The van der Waals surface area contributed by atoms with Gasteiger partial charge in [0.1, 0.15) is 0 Å². The monoisotopic (exact) mass is 158 g/mol. The summed E-state index contributed by atoms with van der Waals surface area (Å²) in [5.74, 6) is 0. The zero-order valence-corrected chi connectivity index (χ0v) is 7.47. The van der Waals surface area contributed by atoms with Gasteiger partial charge in [-0.3, -0.25) is 0 Å². The molecule has 1 aliphatic rings. The van der Waals surface area contributed by atoms with E-state index >= 15 is 0 Å². The normalized spacial score (nSPS) is 30.3. The summed E-state index contributed by atoms with van der Waals surface area (Å²) >= 11 is 0. The molecule has 2 nitrogen and oxygen atoms in total. The van der Waals surface area contributed by atoms with E-state index in [-0.39, 0.29) is 11.7 Å². The van der Waals surface area contributed by atoms with Gasteiger partial charge < -0.3 is 9.84 Å². The molecule has 1 aliphatic heterocycles. The minimum absolute atomic E-state index is 0.0162. The zero-order chi connectivity index (χ0) is 8.32. The van der Waals surface area contributed by atoms with Crippen LogP contribution in [0.2, 0.25) is 0 Å². The van der Waals surface area contributed by atoms with E-state index in [1.165, 1.54) is 0 Å². The number of aliphatic hydroxyl groups is 1. The van der Waals surface area contributed by atoms with E-state index in [9.17, 15) is 5.11 Å². The van der Waals surface area contributed by atoms with Crippen molar-refractivity contribution in [1.82, 2.24) is 0 Å². The van der Waals surface area contributed by atoms with Crippen LogP contribution in [0, 0.1) is 0 Å². The average Bonchev–Trinajstić information content (AvgIpc) is 2.04. The van der Waals surface area contributed by atoms with Crippen LogP contribution in [0.25, 0.3) is 0 Å². The molecule has 0 spiro atoms. The smallest absolute Gasteiger partial charge is 0.0701 e. The Hall–Kier alpha value is -0.0800. The third-order valence-electron chi connectivity index (χ3n) is 2.76. The highest BCUT2D eigenvalue weighted by molar-refractivity contribution is 4.84. The molecule has 0 saturated carbocycles. The van der Waals surface area contributed by atoms with E-state index in [2.05, 4.69) is 13.8 Å². The van der Waals surface area contributed by atoms with Gasteiger partial charge in [-0.05, 0) is 19.3 Å². The van der Waals surface area contributed by atoms with Gasteiger partial charge in [-0.1, -0.05) is 13.8 Å². The van der Waals surface area contributed by atoms with Crippen LogP contribution in [-0.2, 0) is 4.74 Å². The van der Waals surface area contributed by atoms with Crippen LogP contribution >= 0.6 is 0 Å². The molecule has 1 heterocycles. The van der Waals surface area contributed by atoms with Gasteiger partial charge in [0.2, 0.25) is 0 Å². The third-order valence-corrected chi connectivity index (χ3v) is 2.76. The van der Waals surface area contributed by atoms with E-state index < -0.39 is 0 Å². The Morgan fingerprint density at radius 2 is 2.09 bits per heavy atom. The highest BCUT2D eigenvalue weighted by Crippen LogP contribution is 2.31. The molecule has 1 unspecified atom stereocenters. The van der Waals surface area contributed by atoms with Gasteiger partial charge >= 0.3 is 0 Å². The molecule has 0 aromatic rings. The summed E-state index contributed by atoms with van der Waals surface area (Å²) in [6.45, 7) is 4.98. The summed E-state index contributed by atoms with van der Waals surface area (Å²) < 4.78 is 5.67. The molecule has 0 aromatic heterocycles. The van der Waals surface area contributed by atoms with Crippen LogP contribution < -0.4 is 0 Å². The summed E-state index contributed by atoms with van der Waals surface area (Å²) in [5, 5.41) is 9.43. The Morgan fingerprint density at radius 3 is 2.45 bits per heavy atom. The van der Waals surface area contributed by atoms with Crippen LogP contribution in [0.1, 0.15) is 39.5 Å². The maximum absolute atomic E-state index is 9.43. The van der Waals surface area contributed by atoms with Crippen molar-refractivity contribution >= 4 is 0 Å². The number of hydrogen-bond donors (Lipinski definition) is 1. The van der Waals surface area contributed by atoms with Gasteiger partial charge in [-0.2, -0.15) is 0 Å². The first-order valence-corrected chi connectivity index (χ1v) is 4.54. The molecule has 1 atom stereocenters. The van der Waals surface area contributed by atoms with Crippen LogP contribution in [0.5, 0.6) is 0 Å². The van der Waals surface area contributed by atoms with E-state index in [0.29, 0.717) is 0 Å². The molecule has 1 N–H and O–H groups in total.